The average Bonchev–Trinajstić information content (AvgIpc) is 3.20. The van der Waals surface area contributed by atoms with E-state index >= 15 is 0 Å². The van der Waals surface area contributed by atoms with Crippen LogP contribution in [0.4, 0.5) is 10.8 Å². The second-order valence-corrected chi connectivity index (χ2v) is 10.5. The van der Waals surface area contributed by atoms with Crippen LogP contribution in [-0.4, -0.2) is 35.3 Å². The molecule has 7 nitrogen and oxygen atoms in total. The molecule has 0 atom stereocenters. The second-order valence-electron chi connectivity index (χ2n) is 7.42. The van der Waals surface area contributed by atoms with Crippen molar-refractivity contribution in [2.75, 3.05) is 11.6 Å². The Bertz CT molecular complexity index is 1350. The van der Waals surface area contributed by atoms with E-state index in [2.05, 4.69) is 21.8 Å². The molecule has 0 bridgehead atoms. The van der Waals surface area contributed by atoms with Gasteiger partial charge in [-0.1, -0.05) is 11.3 Å². The number of aryl methyl sites for hydroxylation is 2. The molecule has 1 N–H and O–H groups in total. The highest BCUT2D eigenvalue weighted by Crippen LogP contribution is 2.36. The monoisotopic (exact) mass is 444 g/mol. The van der Waals surface area contributed by atoms with Crippen LogP contribution >= 0.6 is 11.3 Å². The molecule has 30 heavy (non-hydrogen) atoms. The summed E-state index contributed by atoms with van der Waals surface area (Å²) in [5, 5.41) is 3.94. The molecule has 0 spiro atoms. The van der Waals surface area contributed by atoms with E-state index in [1.807, 2.05) is 32.9 Å². The number of hydrogen-bond donors (Lipinski definition) is 1. The van der Waals surface area contributed by atoms with E-state index in [9.17, 15) is 8.42 Å². The fourth-order valence-corrected chi connectivity index (χ4v) is 5.00. The number of fused-ring (bicyclic) bond motifs is 3. The first-order chi connectivity index (χ1) is 14.2. The zero-order valence-corrected chi connectivity index (χ0v) is 19.2. The number of aromatic nitrogens is 3. The molecule has 0 saturated carbocycles. The molecule has 9 heteroatoms. The van der Waals surface area contributed by atoms with Gasteiger partial charge in [0, 0.05) is 12.8 Å². The highest BCUT2D eigenvalue weighted by Gasteiger charge is 2.17. The largest absolute Gasteiger partial charge is 0.489 e. The molecule has 0 saturated heterocycles. The Labute approximate surface area is 179 Å². The van der Waals surface area contributed by atoms with Gasteiger partial charge >= 0.3 is 0 Å². The highest BCUT2D eigenvalue weighted by molar-refractivity contribution is 7.90. The molecule has 0 aliphatic rings. The molecule has 0 aliphatic carbocycles. The minimum atomic E-state index is -3.35. The van der Waals surface area contributed by atoms with Gasteiger partial charge in [0.05, 0.1) is 32.4 Å². The lowest BCUT2D eigenvalue weighted by molar-refractivity contribution is 0.243. The summed E-state index contributed by atoms with van der Waals surface area (Å²) in [7, 11) is -3.35. The van der Waals surface area contributed by atoms with Crippen molar-refractivity contribution in [1.82, 2.24) is 14.5 Å². The minimum Gasteiger partial charge on any atom is -0.489 e. The molecule has 0 unspecified atom stereocenters. The van der Waals surface area contributed by atoms with Crippen molar-refractivity contribution < 1.29 is 13.2 Å². The molecular weight excluding hydrogens is 420 g/mol. The maximum atomic E-state index is 12.0. The number of nitrogens with one attached hydrogen (secondary N) is 1. The van der Waals surface area contributed by atoms with E-state index in [1.54, 1.807) is 18.2 Å². The summed E-state index contributed by atoms with van der Waals surface area (Å²) in [4.78, 5) is 9.67. The summed E-state index contributed by atoms with van der Waals surface area (Å²) in [5.74, 6) is 1.53. The fourth-order valence-electron chi connectivity index (χ4n) is 3.47. The van der Waals surface area contributed by atoms with Crippen molar-refractivity contribution in [3.8, 4) is 5.75 Å². The van der Waals surface area contributed by atoms with Crippen LogP contribution in [-0.2, 0) is 16.4 Å². The third-order valence-electron chi connectivity index (χ3n) is 4.76. The van der Waals surface area contributed by atoms with Gasteiger partial charge in [-0.25, -0.2) is 18.4 Å². The van der Waals surface area contributed by atoms with Gasteiger partial charge in [0.25, 0.3) is 0 Å². The Hall–Kier alpha value is -2.65. The number of thiazole rings is 1. The van der Waals surface area contributed by atoms with Crippen molar-refractivity contribution in [2.24, 2.45) is 0 Å². The predicted molar refractivity (Wildman–Crippen MR) is 122 cm³/mol. The van der Waals surface area contributed by atoms with Gasteiger partial charge in [0.1, 0.15) is 17.1 Å². The number of anilines is 2. The third-order valence-corrected chi connectivity index (χ3v) is 6.80. The van der Waals surface area contributed by atoms with Crippen LogP contribution in [0.25, 0.3) is 21.3 Å². The Kier molecular flexibility index (Phi) is 5.19. The first-order valence-electron chi connectivity index (χ1n) is 9.71. The zero-order valence-electron chi connectivity index (χ0n) is 17.6. The summed E-state index contributed by atoms with van der Waals surface area (Å²) >= 11 is 1.51. The number of hydrogen-bond acceptors (Lipinski definition) is 7. The number of ether oxygens (including phenoxy) is 1. The Morgan fingerprint density at radius 3 is 2.63 bits per heavy atom. The molecule has 2 aromatic heterocycles. The van der Waals surface area contributed by atoms with Crippen molar-refractivity contribution >= 4 is 53.2 Å². The summed E-state index contributed by atoms with van der Waals surface area (Å²) in [6.45, 7) is 8.75. The van der Waals surface area contributed by atoms with Crippen molar-refractivity contribution in [2.45, 2.75) is 45.2 Å². The average molecular weight is 445 g/mol. The highest BCUT2D eigenvalue weighted by atomic mass is 32.2. The topological polar surface area (TPSA) is 86.1 Å². The SMILES string of the molecule is CCn1c(C)nc2ccc3sc(Nc4cc(S(C)(=O)=O)ccc4OC(C)C)nc3c21. The first kappa shape index (κ1) is 20.6. The van der Waals surface area contributed by atoms with Gasteiger partial charge in [0.15, 0.2) is 15.0 Å². The standard InChI is InChI=1S/C21H24N4O3S2/c1-6-25-13(4)22-15-8-10-18-19(20(15)25)24-21(29-18)23-16-11-14(30(5,26)27)7-9-17(16)28-12(2)3/h7-12H,6H2,1-5H3,(H,23,24). The van der Waals surface area contributed by atoms with Crippen molar-refractivity contribution in [3.05, 3.63) is 36.2 Å². The Morgan fingerprint density at radius 2 is 1.97 bits per heavy atom. The molecular formula is C21H24N4O3S2. The first-order valence-corrected chi connectivity index (χ1v) is 12.4. The number of imidazole rings is 1. The van der Waals surface area contributed by atoms with Gasteiger partial charge in [-0.2, -0.15) is 0 Å². The quantitative estimate of drug-likeness (QED) is 0.455. The van der Waals surface area contributed by atoms with Gasteiger partial charge in [-0.05, 0) is 58.0 Å². The molecule has 4 rings (SSSR count). The summed E-state index contributed by atoms with van der Waals surface area (Å²) in [5.41, 5.74) is 3.39. The molecule has 158 valence electrons. The Morgan fingerprint density at radius 1 is 1.20 bits per heavy atom. The summed E-state index contributed by atoms with van der Waals surface area (Å²) in [6, 6.07) is 8.86. The molecule has 2 aromatic carbocycles. The molecule has 0 fully saturated rings. The van der Waals surface area contributed by atoms with E-state index in [4.69, 9.17) is 9.72 Å². The van der Waals surface area contributed by atoms with Crippen molar-refractivity contribution in [1.29, 1.82) is 0 Å². The number of sulfone groups is 1. The van der Waals surface area contributed by atoms with E-state index in [-0.39, 0.29) is 11.0 Å². The molecule has 0 radical (unpaired) electrons. The lowest BCUT2D eigenvalue weighted by Gasteiger charge is -2.15. The fraction of sp³-hybridized carbons (Fsp3) is 0.333. The van der Waals surface area contributed by atoms with Crippen LogP contribution in [0, 0.1) is 6.92 Å². The van der Waals surface area contributed by atoms with Crippen LogP contribution in [0.15, 0.2) is 35.2 Å². The van der Waals surface area contributed by atoms with Crippen LogP contribution in [0.1, 0.15) is 26.6 Å². The minimum absolute atomic E-state index is 0.0495. The van der Waals surface area contributed by atoms with Crippen LogP contribution in [0.2, 0.25) is 0 Å². The Balaban J connectivity index is 1.83. The van der Waals surface area contributed by atoms with Gasteiger partial charge < -0.3 is 14.6 Å². The lowest BCUT2D eigenvalue weighted by Crippen LogP contribution is -2.08. The van der Waals surface area contributed by atoms with Gasteiger partial charge in [-0.15, -0.1) is 0 Å². The lowest BCUT2D eigenvalue weighted by atomic mass is 10.3. The van der Waals surface area contributed by atoms with Crippen LogP contribution < -0.4 is 10.1 Å². The third kappa shape index (κ3) is 3.75. The number of rotatable bonds is 6. The van der Waals surface area contributed by atoms with Crippen LogP contribution in [0.5, 0.6) is 5.75 Å². The normalized spacial score (nSPS) is 12.2. The van der Waals surface area contributed by atoms with Gasteiger partial charge in [-0.3, -0.25) is 0 Å². The van der Waals surface area contributed by atoms with Gasteiger partial charge in [0.2, 0.25) is 0 Å². The van der Waals surface area contributed by atoms with E-state index in [0.717, 1.165) is 33.6 Å². The number of nitrogens with zero attached hydrogens (tertiary/aromatic N) is 3. The van der Waals surface area contributed by atoms with Crippen molar-refractivity contribution in [3.63, 3.8) is 0 Å². The molecule has 4 aromatic rings. The molecule has 0 amide bonds. The van der Waals surface area contributed by atoms with E-state index in [0.29, 0.717) is 16.6 Å². The molecule has 2 heterocycles. The smallest absolute Gasteiger partial charge is 0.188 e. The summed E-state index contributed by atoms with van der Waals surface area (Å²) in [6.07, 6.45) is 1.14. The summed E-state index contributed by atoms with van der Waals surface area (Å²) < 4.78 is 33.1. The second kappa shape index (κ2) is 7.55. The molecule has 0 aliphatic heterocycles. The zero-order chi connectivity index (χ0) is 21.6. The number of benzene rings is 2. The van der Waals surface area contributed by atoms with E-state index < -0.39 is 9.84 Å². The maximum absolute atomic E-state index is 12.0. The van der Waals surface area contributed by atoms with Crippen LogP contribution in [0.3, 0.4) is 0 Å². The maximum Gasteiger partial charge on any atom is 0.188 e. The van der Waals surface area contributed by atoms with E-state index in [1.165, 1.54) is 17.6 Å². The predicted octanol–water partition coefficient (Wildman–Crippen LogP) is 4.91.